The van der Waals surface area contributed by atoms with Gasteiger partial charge in [-0.05, 0) is 12.1 Å². The molecule has 0 saturated carbocycles. The zero-order valence-electron chi connectivity index (χ0n) is 9.68. The van der Waals surface area contributed by atoms with E-state index < -0.39 is 7.25 Å². The second-order valence-corrected chi connectivity index (χ2v) is 3.29. The summed E-state index contributed by atoms with van der Waals surface area (Å²) in [6.45, 7) is 0. The lowest BCUT2D eigenvalue weighted by atomic mass is 10.3. The van der Waals surface area contributed by atoms with Crippen LogP contribution in [0.15, 0.2) is 65.1 Å². The number of nitrogens with zero attached hydrogens (tertiary/aromatic N) is 2. The quantitative estimate of drug-likeness (QED) is 0.445. The molecule has 0 bridgehead atoms. The van der Waals surface area contributed by atoms with E-state index in [-0.39, 0.29) is 0 Å². The fraction of sp³-hybridized carbons (Fsp3) is 0. The molecule has 0 spiro atoms. The third kappa shape index (κ3) is 8.47. The van der Waals surface area contributed by atoms with Crippen LogP contribution in [0.2, 0.25) is 0 Å². The third-order valence-corrected chi connectivity index (χ3v) is 1.74. The number of aromatic nitrogens is 1. The zero-order valence-corrected chi connectivity index (χ0v) is 9.68. The molecule has 1 N–H and O–H groups in total. The highest BCUT2D eigenvalue weighted by Crippen LogP contribution is 2.15. The number of hydrogen-bond acceptors (Lipinski definition) is 2. The van der Waals surface area contributed by atoms with Crippen LogP contribution < -0.4 is 4.98 Å². The highest BCUT2D eigenvalue weighted by atomic mass is 19.5. The minimum Gasteiger partial charge on any atom is -0.418 e. The van der Waals surface area contributed by atoms with Crippen molar-refractivity contribution < 1.29 is 22.2 Å². The molecular formula is C11H10BF4N3. The predicted octanol–water partition coefficient (Wildman–Crippen LogP) is 4.22. The number of H-pyrrole nitrogens is 1. The summed E-state index contributed by atoms with van der Waals surface area (Å²) in [5, 5.41) is 8.17. The summed E-state index contributed by atoms with van der Waals surface area (Å²) in [5.41, 5.74) is 1.70. The lowest BCUT2D eigenvalue weighted by Crippen LogP contribution is -2.02. The number of pyridine rings is 1. The maximum atomic E-state index is 9.75. The molecule has 1 heterocycles. The van der Waals surface area contributed by atoms with E-state index in [9.17, 15) is 17.3 Å². The van der Waals surface area contributed by atoms with Crippen molar-refractivity contribution in [2.45, 2.75) is 0 Å². The molecule has 0 aliphatic rings. The Hall–Kier alpha value is -2.25. The molecule has 100 valence electrons. The summed E-state index contributed by atoms with van der Waals surface area (Å²) < 4.78 is 39.0. The molecule has 1 aromatic carbocycles. The number of nitrogens with one attached hydrogen (secondary N) is 1. The molecule has 0 aliphatic carbocycles. The molecule has 2 aromatic rings. The molecular weight excluding hydrogens is 261 g/mol. The van der Waals surface area contributed by atoms with Gasteiger partial charge in [0, 0.05) is 12.1 Å². The second-order valence-electron chi connectivity index (χ2n) is 3.29. The van der Waals surface area contributed by atoms with Crippen LogP contribution in [-0.2, 0) is 0 Å². The molecule has 0 unspecified atom stereocenters. The molecule has 19 heavy (non-hydrogen) atoms. The summed E-state index contributed by atoms with van der Waals surface area (Å²) >= 11 is 0. The molecule has 0 fully saturated rings. The van der Waals surface area contributed by atoms with Gasteiger partial charge in [-0.25, -0.2) is 4.98 Å². The van der Waals surface area contributed by atoms with Crippen LogP contribution in [0.5, 0.6) is 0 Å². The van der Waals surface area contributed by atoms with Gasteiger partial charge in [0.2, 0.25) is 0 Å². The van der Waals surface area contributed by atoms with Gasteiger partial charge < -0.3 is 17.3 Å². The highest BCUT2D eigenvalue weighted by molar-refractivity contribution is 6.50. The molecule has 0 atom stereocenters. The van der Waals surface area contributed by atoms with E-state index in [0.29, 0.717) is 0 Å². The van der Waals surface area contributed by atoms with E-state index in [1.807, 2.05) is 54.9 Å². The second kappa shape index (κ2) is 7.25. The number of aromatic amines is 1. The minimum atomic E-state index is -6.00. The van der Waals surface area contributed by atoms with Crippen molar-refractivity contribution in [1.82, 2.24) is 0 Å². The number of benzene rings is 1. The van der Waals surface area contributed by atoms with Crippen molar-refractivity contribution in [2.24, 2.45) is 10.2 Å². The van der Waals surface area contributed by atoms with E-state index in [2.05, 4.69) is 15.2 Å². The fourth-order valence-electron chi connectivity index (χ4n) is 1.05. The monoisotopic (exact) mass is 271 g/mol. The Kier molecular flexibility index (Phi) is 5.65. The van der Waals surface area contributed by atoms with Gasteiger partial charge in [-0.15, -0.1) is 0 Å². The Morgan fingerprint density at radius 1 is 0.737 bits per heavy atom. The molecule has 0 saturated heterocycles. The third-order valence-electron chi connectivity index (χ3n) is 1.74. The summed E-state index contributed by atoms with van der Waals surface area (Å²) in [5.74, 6) is 0. The Morgan fingerprint density at radius 2 is 1.16 bits per heavy atom. The van der Waals surface area contributed by atoms with Crippen LogP contribution in [0.25, 0.3) is 0 Å². The van der Waals surface area contributed by atoms with Crippen molar-refractivity contribution in [2.75, 3.05) is 0 Å². The number of rotatable bonds is 2. The van der Waals surface area contributed by atoms with E-state index in [1.54, 1.807) is 0 Å². The van der Waals surface area contributed by atoms with Gasteiger partial charge in [-0.3, -0.25) is 0 Å². The summed E-state index contributed by atoms with van der Waals surface area (Å²) in [7, 11) is -6.00. The van der Waals surface area contributed by atoms with E-state index in [1.165, 1.54) is 0 Å². The van der Waals surface area contributed by atoms with Crippen molar-refractivity contribution in [1.29, 1.82) is 0 Å². The lowest BCUT2D eigenvalue weighted by molar-refractivity contribution is -0.377. The number of halogens is 4. The normalized spacial score (nSPS) is 10.9. The molecule has 0 aliphatic heterocycles. The lowest BCUT2D eigenvalue weighted by Gasteiger charge is -1.94. The maximum Gasteiger partial charge on any atom is 0.673 e. The molecule has 0 amide bonds. The van der Waals surface area contributed by atoms with Gasteiger partial charge in [0.15, 0.2) is 12.4 Å². The van der Waals surface area contributed by atoms with Crippen LogP contribution >= 0.6 is 0 Å². The first-order valence-electron chi connectivity index (χ1n) is 5.25. The molecule has 1 aromatic heterocycles. The summed E-state index contributed by atoms with van der Waals surface area (Å²) in [6.07, 6.45) is 3.64. The van der Waals surface area contributed by atoms with Gasteiger partial charge in [0.25, 0.3) is 0 Å². The number of azo groups is 1. The van der Waals surface area contributed by atoms with Crippen molar-refractivity contribution >= 4 is 18.6 Å². The van der Waals surface area contributed by atoms with Crippen LogP contribution in [0, 0.1) is 0 Å². The minimum absolute atomic E-state index is 0.840. The first kappa shape index (κ1) is 14.8. The Morgan fingerprint density at radius 3 is 1.63 bits per heavy atom. The van der Waals surface area contributed by atoms with Gasteiger partial charge in [-0.2, -0.15) is 10.2 Å². The highest BCUT2D eigenvalue weighted by Gasteiger charge is 2.20. The molecule has 0 radical (unpaired) electrons. The molecule has 8 heteroatoms. The van der Waals surface area contributed by atoms with Crippen molar-refractivity contribution in [3.8, 4) is 0 Å². The summed E-state index contributed by atoms with van der Waals surface area (Å²) in [6, 6.07) is 13.4. The van der Waals surface area contributed by atoms with Gasteiger partial charge in [0.05, 0.1) is 11.4 Å². The molecule has 2 rings (SSSR count). The van der Waals surface area contributed by atoms with Crippen molar-refractivity contribution in [3.05, 3.63) is 54.9 Å². The van der Waals surface area contributed by atoms with E-state index in [0.717, 1.165) is 11.4 Å². The smallest absolute Gasteiger partial charge is 0.418 e. The first-order chi connectivity index (χ1) is 8.95. The van der Waals surface area contributed by atoms with Crippen LogP contribution in [0.4, 0.5) is 28.6 Å². The summed E-state index contributed by atoms with van der Waals surface area (Å²) in [4.78, 5) is 2.93. The maximum absolute atomic E-state index is 9.75. The predicted molar refractivity (Wildman–Crippen MR) is 63.8 cm³/mol. The topological polar surface area (TPSA) is 38.9 Å². The Bertz CT molecular complexity index is 455. The zero-order chi connectivity index (χ0) is 14.1. The Labute approximate surface area is 107 Å². The average molecular weight is 271 g/mol. The SMILES string of the molecule is F[B-](F)(F)F.c1ccc(N=Nc2cc[nH+]cc2)cc1. The van der Waals surface area contributed by atoms with Crippen LogP contribution in [-0.4, -0.2) is 7.25 Å². The van der Waals surface area contributed by atoms with Gasteiger partial charge in [0.1, 0.15) is 0 Å². The largest absolute Gasteiger partial charge is 0.673 e. The first-order valence-corrected chi connectivity index (χ1v) is 5.25. The van der Waals surface area contributed by atoms with E-state index in [4.69, 9.17) is 0 Å². The molecule has 3 nitrogen and oxygen atoms in total. The van der Waals surface area contributed by atoms with Crippen LogP contribution in [0.3, 0.4) is 0 Å². The fourth-order valence-corrected chi connectivity index (χ4v) is 1.05. The van der Waals surface area contributed by atoms with E-state index >= 15 is 0 Å². The van der Waals surface area contributed by atoms with Crippen molar-refractivity contribution in [3.63, 3.8) is 0 Å². The van der Waals surface area contributed by atoms with Crippen LogP contribution in [0.1, 0.15) is 0 Å². The van der Waals surface area contributed by atoms with Gasteiger partial charge in [-0.1, -0.05) is 18.2 Å². The van der Waals surface area contributed by atoms with Gasteiger partial charge >= 0.3 is 7.25 Å². The average Bonchev–Trinajstić information content (AvgIpc) is 2.37. The standard InChI is InChI=1S/C11H9N3.BF4/c1-2-4-10(5-3-1)13-14-11-6-8-12-9-7-11;2-1(3,4)5/h1-9H;/q;-1/p+1. The Balaban J connectivity index is 0.000000312. The number of hydrogen-bond donors (Lipinski definition) is 0.